The maximum absolute atomic E-state index is 16.0. The topological polar surface area (TPSA) is 107 Å². The van der Waals surface area contributed by atoms with E-state index in [0.717, 1.165) is 28.8 Å². The minimum atomic E-state index is -0.876. The highest BCUT2D eigenvalue weighted by atomic mass is 32.1. The normalized spacial score (nSPS) is 15.3. The lowest BCUT2D eigenvalue weighted by molar-refractivity contribution is -0.127. The molecule has 0 fully saturated rings. The van der Waals surface area contributed by atoms with Crippen LogP contribution >= 0.6 is 11.3 Å². The van der Waals surface area contributed by atoms with Crippen molar-refractivity contribution in [3.05, 3.63) is 83.7 Å². The van der Waals surface area contributed by atoms with Crippen molar-refractivity contribution >= 4 is 38.4 Å². The van der Waals surface area contributed by atoms with Crippen molar-refractivity contribution in [1.82, 2.24) is 24.6 Å². The largest absolute Gasteiger partial charge is 0.490 e. The van der Waals surface area contributed by atoms with Crippen LogP contribution in [-0.2, 0) is 11.3 Å². The summed E-state index contributed by atoms with van der Waals surface area (Å²) in [4.78, 5) is 23.8. The highest BCUT2D eigenvalue weighted by Gasteiger charge is 2.30. The number of benzene rings is 2. The standard InChI is InChI=1S/C34H29F2N5O4S/c1-5-29(43)40-14-17(2)41-22(15-40)13-26(39-41)33-31(30-24(36)11-21(35)12-28(30)44-16-18(3)42)34-23(8-9-46-34)32(38-33)20-6-7-27-25(10-20)37-19(4)45-27/h5-13,17-18,42H,1,14-16H2,2-4H3/t17-,18+/m0/s1. The summed E-state index contributed by atoms with van der Waals surface area (Å²) in [5.41, 5.74) is 4.66. The number of hydrogen-bond acceptors (Lipinski definition) is 8. The number of carbonyl (C=O) groups excluding carboxylic acids is 1. The van der Waals surface area contributed by atoms with Crippen molar-refractivity contribution < 1.29 is 27.8 Å². The van der Waals surface area contributed by atoms with Gasteiger partial charge in [-0.05, 0) is 55.6 Å². The molecular weight excluding hydrogens is 612 g/mol. The van der Waals surface area contributed by atoms with Gasteiger partial charge in [0.15, 0.2) is 11.5 Å². The van der Waals surface area contributed by atoms with Crippen LogP contribution in [0.4, 0.5) is 8.78 Å². The van der Waals surface area contributed by atoms with E-state index < -0.39 is 17.7 Å². The molecule has 0 spiro atoms. The van der Waals surface area contributed by atoms with Gasteiger partial charge in [0.2, 0.25) is 5.91 Å². The number of rotatable bonds is 7. The maximum atomic E-state index is 16.0. The van der Waals surface area contributed by atoms with E-state index in [1.54, 1.807) is 11.8 Å². The molecule has 0 radical (unpaired) electrons. The van der Waals surface area contributed by atoms with Crippen LogP contribution in [0.25, 0.3) is 55.0 Å². The van der Waals surface area contributed by atoms with Crippen LogP contribution in [-0.4, -0.2) is 54.9 Å². The van der Waals surface area contributed by atoms with E-state index in [2.05, 4.69) is 11.6 Å². The number of pyridine rings is 1. The summed E-state index contributed by atoms with van der Waals surface area (Å²) < 4.78 is 44.6. The number of aliphatic hydroxyl groups is 1. The lowest BCUT2D eigenvalue weighted by atomic mass is 9.96. The zero-order chi connectivity index (χ0) is 32.3. The molecule has 1 amide bonds. The summed E-state index contributed by atoms with van der Waals surface area (Å²) in [6, 6.07) is 11.1. The third-order valence-electron chi connectivity index (χ3n) is 7.92. The SMILES string of the molecule is C=CC(=O)N1Cc2cc(-c3nc(-c4ccc5oc(C)nc5c4)c4ccsc4c3-c3c(F)cc(F)cc3OC[C@@H](C)O)nn2[C@@H](C)C1. The van der Waals surface area contributed by atoms with Crippen molar-refractivity contribution in [2.45, 2.75) is 39.5 Å². The molecule has 2 aromatic carbocycles. The van der Waals surface area contributed by atoms with E-state index in [-0.39, 0.29) is 29.9 Å². The van der Waals surface area contributed by atoms with Crippen LogP contribution in [0.15, 0.2) is 64.9 Å². The molecule has 1 aliphatic heterocycles. The summed E-state index contributed by atoms with van der Waals surface area (Å²) in [5, 5.41) is 17.5. The molecule has 9 nitrogen and oxygen atoms in total. The molecule has 5 heterocycles. The van der Waals surface area contributed by atoms with Gasteiger partial charge in [0.25, 0.3) is 0 Å². The zero-order valence-electron chi connectivity index (χ0n) is 25.3. The summed E-state index contributed by atoms with van der Waals surface area (Å²) >= 11 is 1.38. The number of oxazole rings is 1. The van der Waals surface area contributed by atoms with Gasteiger partial charge in [0.1, 0.15) is 40.9 Å². The fourth-order valence-electron chi connectivity index (χ4n) is 5.97. The first-order valence-electron chi connectivity index (χ1n) is 14.7. The average molecular weight is 642 g/mol. The highest BCUT2D eigenvalue weighted by molar-refractivity contribution is 7.18. The molecule has 12 heteroatoms. The van der Waals surface area contributed by atoms with Gasteiger partial charge in [0.05, 0.1) is 35.6 Å². The van der Waals surface area contributed by atoms with Gasteiger partial charge in [0, 0.05) is 46.8 Å². The van der Waals surface area contributed by atoms with Crippen molar-refractivity contribution in [2.24, 2.45) is 0 Å². The molecule has 1 N–H and O–H groups in total. The quantitative estimate of drug-likeness (QED) is 0.186. The van der Waals surface area contributed by atoms with Crippen LogP contribution in [0.3, 0.4) is 0 Å². The minimum absolute atomic E-state index is 0.00797. The maximum Gasteiger partial charge on any atom is 0.246 e. The number of aryl methyl sites for hydroxylation is 1. The Balaban J connectivity index is 1.51. The van der Waals surface area contributed by atoms with Gasteiger partial charge < -0.3 is 19.2 Å². The third kappa shape index (κ3) is 5.13. The van der Waals surface area contributed by atoms with Crippen LogP contribution in [0, 0.1) is 18.6 Å². The number of thiophene rings is 1. The smallest absolute Gasteiger partial charge is 0.246 e. The molecule has 0 aliphatic carbocycles. The van der Waals surface area contributed by atoms with E-state index in [0.29, 0.717) is 57.4 Å². The first-order valence-corrected chi connectivity index (χ1v) is 15.6. The fourth-order valence-corrected chi connectivity index (χ4v) is 6.92. The van der Waals surface area contributed by atoms with Gasteiger partial charge in [-0.3, -0.25) is 9.48 Å². The molecule has 0 saturated carbocycles. The van der Waals surface area contributed by atoms with Gasteiger partial charge in [-0.1, -0.05) is 6.58 Å². The minimum Gasteiger partial charge on any atom is -0.490 e. The first-order chi connectivity index (χ1) is 22.1. The Labute approximate surface area is 266 Å². The Morgan fingerprint density at radius 2 is 2.02 bits per heavy atom. The number of nitrogens with zero attached hydrogens (tertiary/aromatic N) is 5. The second-order valence-corrected chi connectivity index (χ2v) is 12.3. The molecule has 2 atom stereocenters. The third-order valence-corrected chi connectivity index (χ3v) is 8.85. The summed E-state index contributed by atoms with van der Waals surface area (Å²) in [6.45, 7) is 9.46. The van der Waals surface area contributed by atoms with Gasteiger partial charge in [-0.2, -0.15) is 5.10 Å². The molecule has 0 bridgehead atoms. The number of ether oxygens (including phenoxy) is 1. The summed E-state index contributed by atoms with van der Waals surface area (Å²) in [6.07, 6.45) is 0.411. The number of aliphatic hydroxyl groups excluding tert-OH is 1. The predicted octanol–water partition coefficient (Wildman–Crippen LogP) is 7.07. The Morgan fingerprint density at radius 3 is 2.80 bits per heavy atom. The number of carbonyl (C=O) groups is 1. The van der Waals surface area contributed by atoms with Crippen LogP contribution < -0.4 is 4.74 Å². The second-order valence-electron chi connectivity index (χ2n) is 11.4. The number of hydrogen-bond donors (Lipinski definition) is 1. The summed E-state index contributed by atoms with van der Waals surface area (Å²) in [5.74, 6) is -1.37. The average Bonchev–Trinajstić information content (AvgIpc) is 3.76. The van der Waals surface area contributed by atoms with E-state index in [1.807, 2.05) is 47.3 Å². The van der Waals surface area contributed by atoms with Gasteiger partial charge in [-0.25, -0.2) is 18.7 Å². The lowest BCUT2D eigenvalue weighted by Gasteiger charge is -2.31. The number of amides is 1. The Morgan fingerprint density at radius 1 is 1.20 bits per heavy atom. The molecule has 46 heavy (non-hydrogen) atoms. The van der Waals surface area contributed by atoms with Gasteiger partial charge >= 0.3 is 0 Å². The number of fused-ring (bicyclic) bond motifs is 3. The van der Waals surface area contributed by atoms with Crippen LogP contribution in [0.1, 0.15) is 31.5 Å². The molecule has 7 rings (SSSR count). The molecular formula is C34H29F2N5O4S. The second kappa shape index (κ2) is 11.5. The van der Waals surface area contributed by atoms with Crippen molar-refractivity contribution in [3.63, 3.8) is 0 Å². The van der Waals surface area contributed by atoms with E-state index in [1.165, 1.54) is 24.3 Å². The van der Waals surface area contributed by atoms with Crippen LogP contribution in [0.5, 0.6) is 5.75 Å². The fraction of sp³-hybridized carbons (Fsp3) is 0.235. The molecule has 1 aliphatic rings. The number of aromatic nitrogens is 4. The first kappa shape index (κ1) is 29.8. The van der Waals surface area contributed by atoms with Crippen molar-refractivity contribution in [3.8, 4) is 39.5 Å². The predicted molar refractivity (Wildman–Crippen MR) is 171 cm³/mol. The molecule has 0 saturated heterocycles. The zero-order valence-corrected chi connectivity index (χ0v) is 26.1. The van der Waals surface area contributed by atoms with Crippen molar-refractivity contribution in [1.29, 1.82) is 0 Å². The Kier molecular flexibility index (Phi) is 7.41. The molecule has 0 unspecified atom stereocenters. The lowest BCUT2D eigenvalue weighted by Crippen LogP contribution is -2.39. The molecule has 4 aromatic heterocycles. The molecule has 6 aromatic rings. The highest BCUT2D eigenvalue weighted by Crippen LogP contribution is 2.47. The molecule has 234 valence electrons. The van der Waals surface area contributed by atoms with Crippen molar-refractivity contribution in [2.75, 3.05) is 13.2 Å². The van der Waals surface area contributed by atoms with E-state index in [9.17, 15) is 14.3 Å². The monoisotopic (exact) mass is 641 g/mol. The summed E-state index contributed by atoms with van der Waals surface area (Å²) in [7, 11) is 0. The Hall–Kier alpha value is -4.94. The van der Waals surface area contributed by atoms with E-state index >= 15 is 4.39 Å². The van der Waals surface area contributed by atoms with E-state index in [4.69, 9.17) is 19.2 Å². The Bertz CT molecular complexity index is 2170. The van der Waals surface area contributed by atoms with Crippen LogP contribution in [0.2, 0.25) is 0 Å². The number of halogens is 2. The van der Waals surface area contributed by atoms with Gasteiger partial charge in [-0.15, -0.1) is 11.3 Å².